The maximum atomic E-state index is 12.6. The van der Waals surface area contributed by atoms with Gasteiger partial charge in [0.05, 0.1) is 17.3 Å². The largest absolute Gasteiger partial charge is 0.491 e. The minimum Gasteiger partial charge on any atom is -0.491 e. The highest BCUT2D eigenvalue weighted by Crippen LogP contribution is 2.29. The number of anilines is 1. The van der Waals surface area contributed by atoms with Crippen molar-refractivity contribution in [3.05, 3.63) is 58.5 Å². The van der Waals surface area contributed by atoms with E-state index < -0.39 is 0 Å². The Morgan fingerprint density at radius 2 is 1.88 bits per heavy atom. The number of hydrogen-bond donors (Lipinski definition) is 0. The van der Waals surface area contributed by atoms with E-state index in [1.54, 1.807) is 29.8 Å². The minimum atomic E-state index is -0.191. The maximum absolute atomic E-state index is 12.6. The van der Waals surface area contributed by atoms with Crippen molar-refractivity contribution in [2.24, 2.45) is 7.05 Å². The number of ether oxygens (including phenoxy) is 3. The summed E-state index contributed by atoms with van der Waals surface area (Å²) in [6.45, 7) is 7.72. The molecule has 3 heterocycles. The van der Waals surface area contributed by atoms with Crippen LogP contribution in [0.2, 0.25) is 0 Å². The van der Waals surface area contributed by atoms with E-state index >= 15 is 0 Å². The molecule has 178 valence electrons. The highest BCUT2D eigenvalue weighted by atomic mass is 16.5. The van der Waals surface area contributed by atoms with Crippen molar-refractivity contribution in [3.8, 4) is 17.6 Å². The van der Waals surface area contributed by atoms with Crippen LogP contribution in [0.15, 0.2) is 47.3 Å². The number of nitriles is 1. The van der Waals surface area contributed by atoms with E-state index in [1.165, 1.54) is 0 Å². The van der Waals surface area contributed by atoms with Crippen molar-refractivity contribution < 1.29 is 14.2 Å². The number of hydrogen-bond acceptors (Lipinski definition) is 7. The fourth-order valence-electron chi connectivity index (χ4n) is 4.28. The van der Waals surface area contributed by atoms with E-state index in [2.05, 4.69) is 16.0 Å². The summed E-state index contributed by atoms with van der Waals surface area (Å²) < 4.78 is 19.6. The number of fused-ring (bicyclic) bond motifs is 1. The van der Waals surface area contributed by atoms with E-state index in [0.717, 1.165) is 11.5 Å². The third-order valence-corrected chi connectivity index (χ3v) is 5.89. The zero-order valence-corrected chi connectivity index (χ0v) is 20.0. The van der Waals surface area contributed by atoms with Gasteiger partial charge in [0.25, 0.3) is 5.56 Å². The molecule has 8 heteroatoms. The summed E-state index contributed by atoms with van der Waals surface area (Å²) in [5, 5.41) is 9.33. The van der Waals surface area contributed by atoms with Gasteiger partial charge in [-0.25, -0.2) is 4.98 Å². The average Bonchev–Trinajstić information content (AvgIpc) is 2.83. The molecule has 0 bridgehead atoms. The van der Waals surface area contributed by atoms with Crippen LogP contribution in [0.25, 0.3) is 11.0 Å². The van der Waals surface area contributed by atoms with Gasteiger partial charge in [-0.1, -0.05) is 0 Å². The third kappa shape index (κ3) is 5.00. The predicted octanol–water partition coefficient (Wildman–Crippen LogP) is 3.66. The summed E-state index contributed by atoms with van der Waals surface area (Å²) in [4.78, 5) is 19.3. The lowest BCUT2D eigenvalue weighted by molar-refractivity contribution is -0.0280. The van der Waals surface area contributed by atoms with Crippen molar-refractivity contribution in [1.29, 1.82) is 5.26 Å². The summed E-state index contributed by atoms with van der Waals surface area (Å²) in [7, 11) is 1.71. The Kier molecular flexibility index (Phi) is 7.03. The van der Waals surface area contributed by atoms with E-state index in [-0.39, 0.29) is 23.9 Å². The van der Waals surface area contributed by atoms with Crippen molar-refractivity contribution in [2.45, 2.75) is 45.5 Å². The SMILES string of the molecule is CCO[C@H]1CN(c2cc(=O)n(C)c3ccc(C#N)nc23)CC[C@@H]1Oc1ccc(OC(C)C)cc1. The Hall–Kier alpha value is -3.57. The quantitative estimate of drug-likeness (QED) is 0.529. The van der Waals surface area contributed by atoms with E-state index in [4.69, 9.17) is 14.2 Å². The first-order valence-electron chi connectivity index (χ1n) is 11.6. The van der Waals surface area contributed by atoms with Gasteiger partial charge in [-0.2, -0.15) is 5.26 Å². The highest BCUT2D eigenvalue weighted by molar-refractivity contribution is 5.88. The fraction of sp³-hybridized carbons (Fsp3) is 0.423. The van der Waals surface area contributed by atoms with Gasteiger partial charge in [0.2, 0.25) is 0 Å². The molecule has 34 heavy (non-hydrogen) atoms. The molecule has 8 nitrogen and oxygen atoms in total. The fourth-order valence-corrected chi connectivity index (χ4v) is 4.28. The molecule has 4 rings (SSSR count). The number of aryl methyl sites for hydroxylation is 1. The van der Waals surface area contributed by atoms with Gasteiger partial charge in [0.15, 0.2) is 0 Å². The van der Waals surface area contributed by atoms with Crippen molar-refractivity contribution in [2.75, 3.05) is 24.6 Å². The molecule has 1 fully saturated rings. The Morgan fingerprint density at radius 3 is 2.56 bits per heavy atom. The normalized spacial score (nSPS) is 18.2. The number of nitrogens with zero attached hydrogens (tertiary/aromatic N) is 4. The lowest BCUT2D eigenvalue weighted by Gasteiger charge is -2.39. The topological polar surface area (TPSA) is 89.6 Å². The van der Waals surface area contributed by atoms with Gasteiger partial charge in [0.1, 0.15) is 41.0 Å². The van der Waals surface area contributed by atoms with Crippen molar-refractivity contribution >= 4 is 16.7 Å². The summed E-state index contributed by atoms with van der Waals surface area (Å²) in [6.07, 6.45) is 0.504. The number of rotatable bonds is 7. The zero-order chi connectivity index (χ0) is 24.2. The van der Waals surface area contributed by atoms with Crippen LogP contribution in [0, 0.1) is 11.3 Å². The molecule has 0 unspecified atom stereocenters. The number of piperidine rings is 1. The van der Waals surface area contributed by atoms with E-state index in [1.807, 2.05) is 45.0 Å². The first-order valence-corrected chi connectivity index (χ1v) is 11.6. The van der Waals surface area contributed by atoms with E-state index in [0.29, 0.717) is 48.5 Å². The Morgan fingerprint density at radius 1 is 1.15 bits per heavy atom. The molecule has 2 aromatic heterocycles. The molecule has 0 amide bonds. The highest BCUT2D eigenvalue weighted by Gasteiger charge is 2.33. The molecule has 0 saturated carbocycles. The minimum absolute atomic E-state index is 0.114. The first kappa shape index (κ1) is 23.6. The molecular weight excluding hydrogens is 432 g/mol. The maximum Gasteiger partial charge on any atom is 0.252 e. The second kappa shape index (κ2) is 10.1. The summed E-state index contributed by atoms with van der Waals surface area (Å²) in [6, 6.07) is 14.7. The smallest absolute Gasteiger partial charge is 0.252 e. The lowest BCUT2D eigenvalue weighted by Crippen LogP contribution is -2.50. The van der Waals surface area contributed by atoms with Gasteiger partial charge in [-0.05, 0) is 57.2 Å². The standard InChI is InChI=1S/C26H30N4O4/c1-5-32-24-16-30(13-12-23(24)34-20-9-7-19(8-10-20)33-17(2)3)22-14-25(31)29(4)21-11-6-18(15-27)28-26(21)22/h6-11,14,17,23-24H,5,12-13,16H2,1-4H3/t23-,24-/m0/s1. The van der Waals surface area contributed by atoms with Gasteiger partial charge in [0, 0.05) is 39.2 Å². The Balaban J connectivity index is 1.58. The van der Waals surface area contributed by atoms with Crippen LogP contribution in [-0.4, -0.2) is 47.6 Å². The van der Waals surface area contributed by atoms with Crippen LogP contribution in [-0.2, 0) is 11.8 Å². The average molecular weight is 463 g/mol. The molecule has 1 aromatic carbocycles. The molecule has 1 saturated heterocycles. The first-order chi connectivity index (χ1) is 16.4. The monoisotopic (exact) mass is 462 g/mol. The van der Waals surface area contributed by atoms with Crippen molar-refractivity contribution in [1.82, 2.24) is 9.55 Å². The molecule has 0 spiro atoms. The van der Waals surface area contributed by atoms with Crippen LogP contribution in [0.1, 0.15) is 32.9 Å². The molecule has 0 N–H and O–H groups in total. The second-order valence-corrected chi connectivity index (χ2v) is 8.63. The molecule has 2 atom stereocenters. The predicted molar refractivity (Wildman–Crippen MR) is 131 cm³/mol. The van der Waals surface area contributed by atoms with Crippen LogP contribution in [0.4, 0.5) is 5.69 Å². The summed E-state index contributed by atoms with van der Waals surface area (Å²) >= 11 is 0. The lowest BCUT2D eigenvalue weighted by atomic mass is 10.0. The van der Waals surface area contributed by atoms with Crippen LogP contribution in [0.5, 0.6) is 11.5 Å². The van der Waals surface area contributed by atoms with Gasteiger partial charge < -0.3 is 23.7 Å². The summed E-state index contributed by atoms with van der Waals surface area (Å²) in [5.74, 6) is 1.57. The van der Waals surface area contributed by atoms with Gasteiger partial charge >= 0.3 is 0 Å². The third-order valence-electron chi connectivity index (χ3n) is 5.89. The number of pyridine rings is 2. The molecule has 0 aliphatic carbocycles. The number of aromatic nitrogens is 2. The molecule has 3 aromatic rings. The number of benzene rings is 1. The molecular formula is C26H30N4O4. The van der Waals surface area contributed by atoms with E-state index in [9.17, 15) is 10.1 Å². The second-order valence-electron chi connectivity index (χ2n) is 8.63. The van der Waals surface area contributed by atoms with Crippen LogP contribution < -0.4 is 19.9 Å². The Labute approximate surface area is 199 Å². The van der Waals surface area contributed by atoms with Gasteiger partial charge in [-0.15, -0.1) is 0 Å². The molecule has 1 aliphatic heterocycles. The van der Waals surface area contributed by atoms with Crippen molar-refractivity contribution in [3.63, 3.8) is 0 Å². The van der Waals surface area contributed by atoms with Gasteiger partial charge in [-0.3, -0.25) is 4.79 Å². The van der Waals surface area contributed by atoms with Crippen LogP contribution >= 0.6 is 0 Å². The molecule has 1 aliphatic rings. The zero-order valence-electron chi connectivity index (χ0n) is 20.0. The Bertz CT molecular complexity index is 1250. The molecule has 0 radical (unpaired) electrons. The van der Waals surface area contributed by atoms with Crippen LogP contribution in [0.3, 0.4) is 0 Å². The summed E-state index contributed by atoms with van der Waals surface area (Å²) in [5.41, 5.74) is 2.24.